The lowest BCUT2D eigenvalue weighted by Gasteiger charge is -2.08. The largest absolute Gasteiger partial charge is 0.330 e. The molecule has 0 aliphatic heterocycles. The predicted octanol–water partition coefficient (Wildman–Crippen LogP) is 2.82. The molecule has 2 aromatic rings. The maximum atomic E-state index is 6.14. The number of nitrogens with two attached hydrogens (primary N) is 1. The van der Waals surface area contributed by atoms with Crippen LogP contribution in [0.25, 0.3) is 5.69 Å². The van der Waals surface area contributed by atoms with Gasteiger partial charge in [0.2, 0.25) is 0 Å². The van der Waals surface area contributed by atoms with Gasteiger partial charge in [0.15, 0.2) is 0 Å². The first-order valence-electron chi connectivity index (χ1n) is 6.17. The number of halogens is 1. The average Bonchev–Trinajstić information content (AvgIpc) is 3.02. The normalized spacial score (nSPS) is 16.8. The van der Waals surface area contributed by atoms with Crippen molar-refractivity contribution in [1.82, 2.24) is 9.78 Å². The summed E-state index contributed by atoms with van der Waals surface area (Å²) in [6.45, 7) is 2.67. The molecule has 0 radical (unpaired) electrons. The number of hydrogen-bond donors (Lipinski definition) is 1. The number of hydrogen-bond acceptors (Lipinski definition) is 2. The van der Waals surface area contributed by atoms with Gasteiger partial charge in [-0.15, -0.1) is 0 Å². The topological polar surface area (TPSA) is 43.8 Å². The van der Waals surface area contributed by atoms with Gasteiger partial charge in [-0.3, -0.25) is 0 Å². The molecule has 0 amide bonds. The fraction of sp³-hybridized carbons (Fsp3) is 0.357. The molecular weight excluding hydrogens is 246 g/mol. The Bertz CT molecular complexity index is 584. The van der Waals surface area contributed by atoms with E-state index in [9.17, 15) is 0 Å². The van der Waals surface area contributed by atoms with Crippen LogP contribution in [0.15, 0.2) is 30.5 Å². The summed E-state index contributed by atoms with van der Waals surface area (Å²) >= 11 is 6.14. The number of rotatable bonds is 3. The molecule has 0 saturated heterocycles. The van der Waals surface area contributed by atoms with E-state index in [0.29, 0.717) is 6.54 Å². The summed E-state index contributed by atoms with van der Waals surface area (Å²) in [5.74, 6) is 0. The maximum absolute atomic E-state index is 6.14. The van der Waals surface area contributed by atoms with Crippen molar-refractivity contribution in [2.75, 3.05) is 6.54 Å². The van der Waals surface area contributed by atoms with Crippen LogP contribution in [-0.4, -0.2) is 16.3 Å². The van der Waals surface area contributed by atoms with Crippen LogP contribution in [0.1, 0.15) is 24.1 Å². The van der Waals surface area contributed by atoms with E-state index in [-0.39, 0.29) is 5.41 Å². The molecule has 1 aromatic carbocycles. The third kappa shape index (κ3) is 1.84. The van der Waals surface area contributed by atoms with E-state index in [1.54, 1.807) is 0 Å². The van der Waals surface area contributed by atoms with E-state index in [2.05, 4.69) is 11.2 Å². The van der Waals surface area contributed by atoms with Crippen molar-refractivity contribution < 1.29 is 0 Å². The Morgan fingerprint density at radius 3 is 2.78 bits per heavy atom. The smallest absolute Gasteiger partial charge is 0.0703 e. The minimum atomic E-state index is 0.139. The van der Waals surface area contributed by atoms with Gasteiger partial charge in [0, 0.05) is 23.2 Å². The minimum Gasteiger partial charge on any atom is -0.330 e. The Morgan fingerprint density at radius 2 is 2.17 bits per heavy atom. The summed E-state index contributed by atoms with van der Waals surface area (Å²) in [6, 6.07) is 8.04. The van der Waals surface area contributed by atoms with Crippen LogP contribution < -0.4 is 5.73 Å². The molecule has 4 heteroatoms. The molecule has 94 valence electrons. The first-order chi connectivity index (χ1) is 8.64. The van der Waals surface area contributed by atoms with E-state index in [4.69, 9.17) is 17.3 Å². The van der Waals surface area contributed by atoms with Gasteiger partial charge >= 0.3 is 0 Å². The van der Waals surface area contributed by atoms with Crippen LogP contribution in [0, 0.1) is 6.92 Å². The Labute approximate surface area is 112 Å². The number of aromatic nitrogens is 2. The second-order valence-electron chi connectivity index (χ2n) is 5.06. The lowest BCUT2D eigenvalue weighted by molar-refractivity contribution is 0.661. The highest BCUT2D eigenvalue weighted by molar-refractivity contribution is 6.31. The Morgan fingerprint density at radius 1 is 1.39 bits per heavy atom. The van der Waals surface area contributed by atoms with Gasteiger partial charge in [-0.1, -0.05) is 17.7 Å². The van der Waals surface area contributed by atoms with Crippen molar-refractivity contribution in [1.29, 1.82) is 0 Å². The second kappa shape index (κ2) is 4.11. The zero-order valence-electron chi connectivity index (χ0n) is 10.4. The molecule has 1 aromatic heterocycles. The number of benzene rings is 1. The molecule has 1 saturated carbocycles. The third-order valence-corrected chi connectivity index (χ3v) is 4.20. The fourth-order valence-corrected chi connectivity index (χ4v) is 2.37. The van der Waals surface area contributed by atoms with E-state index in [1.807, 2.05) is 36.0 Å². The molecule has 1 fully saturated rings. The van der Waals surface area contributed by atoms with Crippen molar-refractivity contribution in [3.05, 3.63) is 46.7 Å². The number of nitrogens with zero attached hydrogens (tertiary/aromatic N) is 2. The Kier molecular flexibility index (Phi) is 2.68. The van der Waals surface area contributed by atoms with Crippen molar-refractivity contribution in [2.24, 2.45) is 5.73 Å². The van der Waals surface area contributed by atoms with Gasteiger partial charge in [0.05, 0.1) is 11.4 Å². The number of aryl methyl sites for hydroxylation is 1. The highest BCUT2D eigenvalue weighted by atomic mass is 35.5. The molecule has 0 atom stereocenters. The van der Waals surface area contributed by atoms with Crippen molar-refractivity contribution >= 4 is 11.6 Å². The van der Waals surface area contributed by atoms with Gasteiger partial charge < -0.3 is 5.73 Å². The van der Waals surface area contributed by atoms with Crippen LogP contribution in [0.3, 0.4) is 0 Å². The summed E-state index contributed by atoms with van der Waals surface area (Å²) in [7, 11) is 0. The maximum Gasteiger partial charge on any atom is 0.0703 e. The molecule has 1 heterocycles. The quantitative estimate of drug-likeness (QED) is 0.923. The van der Waals surface area contributed by atoms with Gasteiger partial charge in [-0.25, -0.2) is 4.68 Å². The summed E-state index contributed by atoms with van der Waals surface area (Å²) in [5.41, 5.74) is 9.13. The van der Waals surface area contributed by atoms with Crippen LogP contribution in [-0.2, 0) is 5.41 Å². The molecular formula is C14H16ClN3. The third-order valence-electron chi connectivity index (χ3n) is 3.80. The van der Waals surface area contributed by atoms with Crippen LogP contribution in [0.2, 0.25) is 5.02 Å². The van der Waals surface area contributed by atoms with Gasteiger partial charge in [-0.05, 0) is 43.5 Å². The Balaban J connectivity index is 1.95. The average molecular weight is 262 g/mol. The van der Waals surface area contributed by atoms with Gasteiger partial charge in [-0.2, -0.15) is 5.10 Å². The standard InChI is InChI=1S/C14H16ClN3/c1-10-2-3-11(8-12(10)15)18-7-4-13(17-18)14(9-16)5-6-14/h2-4,7-8H,5-6,9,16H2,1H3. The van der Waals surface area contributed by atoms with Crippen LogP contribution in [0.4, 0.5) is 0 Å². The molecule has 18 heavy (non-hydrogen) atoms. The SMILES string of the molecule is Cc1ccc(-n2ccc(C3(CN)CC3)n2)cc1Cl. The molecule has 0 spiro atoms. The van der Waals surface area contributed by atoms with E-state index >= 15 is 0 Å². The molecule has 3 nitrogen and oxygen atoms in total. The van der Waals surface area contributed by atoms with Crippen LogP contribution in [0.5, 0.6) is 0 Å². The van der Waals surface area contributed by atoms with E-state index in [1.165, 1.54) is 0 Å². The first-order valence-corrected chi connectivity index (χ1v) is 6.55. The molecule has 0 bridgehead atoms. The Hall–Kier alpha value is -1.32. The lowest BCUT2D eigenvalue weighted by atomic mass is 10.0. The van der Waals surface area contributed by atoms with Gasteiger partial charge in [0.1, 0.15) is 0 Å². The monoisotopic (exact) mass is 261 g/mol. The van der Waals surface area contributed by atoms with Crippen molar-refractivity contribution in [2.45, 2.75) is 25.2 Å². The summed E-state index contributed by atoms with van der Waals surface area (Å²) < 4.78 is 1.87. The van der Waals surface area contributed by atoms with E-state index in [0.717, 1.165) is 34.8 Å². The highest BCUT2D eigenvalue weighted by Crippen LogP contribution is 2.46. The zero-order chi connectivity index (χ0) is 12.8. The van der Waals surface area contributed by atoms with Crippen molar-refractivity contribution in [3.8, 4) is 5.69 Å². The highest BCUT2D eigenvalue weighted by Gasteiger charge is 2.44. The molecule has 1 aliphatic carbocycles. The van der Waals surface area contributed by atoms with E-state index < -0.39 is 0 Å². The lowest BCUT2D eigenvalue weighted by Crippen LogP contribution is -2.20. The first kappa shape index (κ1) is 11.8. The minimum absolute atomic E-state index is 0.139. The molecule has 2 N–H and O–H groups in total. The predicted molar refractivity (Wildman–Crippen MR) is 73.3 cm³/mol. The molecule has 1 aliphatic rings. The zero-order valence-corrected chi connectivity index (χ0v) is 11.1. The fourth-order valence-electron chi connectivity index (χ4n) is 2.19. The van der Waals surface area contributed by atoms with Crippen molar-refractivity contribution in [3.63, 3.8) is 0 Å². The summed E-state index contributed by atoms with van der Waals surface area (Å²) in [4.78, 5) is 0. The van der Waals surface area contributed by atoms with Gasteiger partial charge in [0.25, 0.3) is 0 Å². The second-order valence-corrected chi connectivity index (χ2v) is 5.47. The summed E-state index contributed by atoms with van der Waals surface area (Å²) in [6.07, 6.45) is 4.27. The van der Waals surface area contributed by atoms with Crippen LogP contribution >= 0.6 is 11.6 Å². The molecule has 0 unspecified atom stereocenters. The summed E-state index contributed by atoms with van der Waals surface area (Å²) in [5, 5.41) is 5.40. The molecule has 3 rings (SSSR count).